The van der Waals surface area contributed by atoms with E-state index in [4.69, 9.17) is 27.9 Å². The molecule has 4 rings (SSSR count). The van der Waals surface area contributed by atoms with Crippen molar-refractivity contribution < 1.29 is 32.7 Å². The number of rotatable bonds is 5. The van der Waals surface area contributed by atoms with Crippen LogP contribution in [0.15, 0.2) is 54.6 Å². The summed E-state index contributed by atoms with van der Waals surface area (Å²) in [5, 5.41) is 0.393. The smallest absolute Gasteiger partial charge is 0.338 e. The number of benzene rings is 3. The first-order valence-corrected chi connectivity index (χ1v) is 10.1. The Morgan fingerprint density at radius 3 is 2.30 bits per heavy atom. The molecule has 3 aromatic carbocycles. The maximum atomic E-state index is 13.7. The molecule has 0 saturated carbocycles. The van der Waals surface area contributed by atoms with Crippen molar-refractivity contribution in [3.8, 4) is 0 Å². The molecular weight excluding hydrogens is 479 g/mol. The number of Topliss-reactive ketones (excluding diaryl/α,β-unsaturated/α-hetero) is 1. The predicted molar refractivity (Wildman–Crippen MR) is 115 cm³/mol. The topological polar surface area (TPSA) is 80.8 Å². The molecule has 0 fully saturated rings. The Hall–Kier alpha value is -3.62. The Bertz CT molecular complexity index is 1360. The van der Waals surface area contributed by atoms with E-state index in [0.717, 1.165) is 23.1 Å². The quantitative estimate of drug-likeness (QED) is 0.282. The number of carbonyl (C=O) groups excluding carboxylic acids is 4. The average molecular weight is 490 g/mol. The van der Waals surface area contributed by atoms with Crippen LogP contribution in [0.25, 0.3) is 0 Å². The minimum absolute atomic E-state index is 0.0528. The van der Waals surface area contributed by atoms with Gasteiger partial charge in [-0.15, -0.1) is 0 Å². The highest BCUT2D eigenvalue weighted by molar-refractivity contribution is 6.42. The lowest BCUT2D eigenvalue weighted by atomic mass is 10.1. The molecule has 0 unspecified atom stereocenters. The summed E-state index contributed by atoms with van der Waals surface area (Å²) in [5.41, 5.74) is -0.473. The number of nitrogens with zero attached hydrogens (tertiary/aromatic N) is 1. The van der Waals surface area contributed by atoms with E-state index in [1.807, 2.05) is 0 Å². The van der Waals surface area contributed by atoms with Crippen molar-refractivity contribution in [3.05, 3.63) is 98.5 Å². The highest BCUT2D eigenvalue weighted by Crippen LogP contribution is 2.33. The molecule has 0 radical (unpaired) electrons. The molecule has 0 aliphatic carbocycles. The van der Waals surface area contributed by atoms with E-state index >= 15 is 0 Å². The van der Waals surface area contributed by atoms with Gasteiger partial charge in [-0.2, -0.15) is 0 Å². The number of ketones is 1. The van der Waals surface area contributed by atoms with Gasteiger partial charge in [0.1, 0.15) is 11.6 Å². The van der Waals surface area contributed by atoms with Crippen LogP contribution in [0.1, 0.15) is 41.4 Å². The van der Waals surface area contributed by atoms with Gasteiger partial charge >= 0.3 is 5.97 Å². The van der Waals surface area contributed by atoms with E-state index in [2.05, 4.69) is 0 Å². The summed E-state index contributed by atoms with van der Waals surface area (Å²) < 4.78 is 31.8. The van der Waals surface area contributed by atoms with Gasteiger partial charge in [0.05, 0.1) is 38.0 Å². The first kappa shape index (κ1) is 22.6. The second-order valence-electron chi connectivity index (χ2n) is 6.93. The maximum absolute atomic E-state index is 13.7. The summed E-state index contributed by atoms with van der Waals surface area (Å²) >= 11 is 11.9. The molecular formula is C23H11Cl2F2NO5. The lowest BCUT2D eigenvalue weighted by Gasteiger charge is -2.14. The number of carbonyl (C=O) groups is 4. The summed E-state index contributed by atoms with van der Waals surface area (Å²) in [6, 6.07) is 10.3. The number of fused-ring (bicyclic) bond motifs is 1. The van der Waals surface area contributed by atoms with Crippen LogP contribution in [-0.2, 0) is 4.74 Å². The van der Waals surface area contributed by atoms with Crippen LogP contribution in [0.5, 0.6) is 0 Å². The highest BCUT2D eigenvalue weighted by atomic mass is 35.5. The summed E-state index contributed by atoms with van der Waals surface area (Å²) in [5.74, 6) is -5.03. The molecule has 0 saturated heterocycles. The fourth-order valence-corrected chi connectivity index (χ4v) is 3.52. The molecule has 33 heavy (non-hydrogen) atoms. The predicted octanol–water partition coefficient (Wildman–Crippen LogP) is 5.11. The normalized spacial score (nSPS) is 12.7. The van der Waals surface area contributed by atoms with Crippen LogP contribution in [0, 0.1) is 11.6 Å². The Morgan fingerprint density at radius 2 is 1.58 bits per heavy atom. The maximum Gasteiger partial charge on any atom is 0.338 e. The van der Waals surface area contributed by atoms with Crippen LogP contribution in [0.4, 0.5) is 14.5 Å². The van der Waals surface area contributed by atoms with Crippen molar-refractivity contribution in [2.75, 3.05) is 11.5 Å². The van der Waals surface area contributed by atoms with Gasteiger partial charge in [-0.25, -0.2) is 18.5 Å². The van der Waals surface area contributed by atoms with Gasteiger partial charge in [-0.05, 0) is 54.6 Å². The third kappa shape index (κ3) is 4.22. The summed E-state index contributed by atoms with van der Waals surface area (Å²) in [4.78, 5) is 50.9. The number of anilines is 1. The average Bonchev–Trinajstić information content (AvgIpc) is 3.05. The molecule has 0 spiro atoms. The minimum Gasteiger partial charge on any atom is -0.454 e. The monoisotopic (exact) mass is 489 g/mol. The molecule has 1 aliphatic heterocycles. The number of ether oxygens (including phenoxy) is 1. The van der Waals surface area contributed by atoms with Gasteiger partial charge in [-0.1, -0.05) is 23.2 Å². The Balaban J connectivity index is 1.53. The number of hydrogen-bond donors (Lipinski definition) is 0. The zero-order valence-corrected chi connectivity index (χ0v) is 17.9. The summed E-state index contributed by atoms with van der Waals surface area (Å²) in [7, 11) is 0. The third-order valence-electron chi connectivity index (χ3n) is 4.85. The van der Waals surface area contributed by atoms with Crippen LogP contribution >= 0.6 is 23.2 Å². The zero-order valence-electron chi connectivity index (χ0n) is 16.4. The second-order valence-corrected chi connectivity index (χ2v) is 7.74. The minimum atomic E-state index is -0.990. The van der Waals surface area contributed by atoms with Crippen LogP contribution < -0.4 is 4.90 Å². The number of halogens is 4. The molecule has 0 bridgehead atoms. The number of imide groups is 1. The molecule has 6 nitrogen and oxygen atoms in total. The van der Waals surface area contributed by atoms with E-state index < -0.39 is 47.4 Å². The van der Waals surface area contributed by atoms with Crippen molar-refractivity contribution in [1.29, 1.82) is 0 Å². The highest BCUT2D eigenvalue weighted by Gasteiger charge is 2.37. The summed E-state index contributed by atoms with van der Waals surface area (Å²) in [6.45, 7) is -0.849. The third-order valence-corrected chi connectivity index (χ3v) is 5.59. The Labute approximate surface area is 195 Å². The van der Waals surface area contributed by atoms with E-state index in [9.17, 15) is 28.0 Å². The molecule has 3 aromatic rings. The van der Waals surface area contributed by atoms with E-state index in [1.165, 1.54) is 30.3 Å². The van der Waals surface area contributed by atoms with Gasteiger partial charge in [0, 0.05) is 0 Å². The Morgan fingerprint density at radius 1 is 0.848 bits per heavy atom. The van der Waals surface area contributed by atoms with E-state index in [1.54, 1.807) is 0 Å². The number of esters is 1. The van der Waals surface area contributed by atoms with Gasteiger partial charge < -0.3 is 4.74 Å². The van der Waals surface area contributed by atoms with Gasteiger partial charge in [0.25, 0.3) is 11.8 Å². The van der Waals surface area contributed by atoms with Crippen molar-refractivity contribution in [2.24, 2.45) is 0 Å². The fourth-order valence-electron chi connectivity index (χ4n) is 3.23. The Kier molecular flexibility index (Phi) is 5.97. The largest absolute Gasteiger partial charge is 0.454 e. The van der Waals surface area contributed by atoms with Gasteiger partial charge in [0.2, 0.25) is 5.78 Å². The van der Waals surface area contributed by atoms with Crippen LogP contribution in [0.3, 0.4) is 0 Å². The van der Waals surface area contributed by atoms with Crippen molar-refractivity contribution >= 4 is 52.5 Å². The van der Waals surface area contributed by atoms with E-state index in [0.29, 0.717) is 6.07 Å². The molecule has 10 heteroatoms. The van der Waals surface area contributed by atoms with Crippen molar-refractivity contribution in [3.63, 3.8) is 0 Å². The first-order chi connectivity index (χ1) is 15.7. The molecule has 0 aromatic heterocycles. The fraction of sp³-hybridized carbons (Fsp3) is 0.0435. The van der Waals surface area contributed by atoms with Gasteiger partial charge in [-0.3, -0.25) is 14.4 Å². The lowest BCUT2D eigenvalue weighted by molar-refractivity contribution is 0.0473. The molecule has 166 valence electrons. The van der Waals surface area contributed by atoms with Crippen LogP contribution in [0.2, 0.25) is 10.0 Å². The van der Waals surface area contributed by atoms with E-state index in [-0.39, 0.29) is 32.4 Å². The molecule has 1 aliphatic rings. The van der Waals surface area contributed by atoms with Crippen molar-refractivity contribution in [1.82, 2.24) is 0 Å². The van der Waals surface area contributed by atoms with Crippen molar-refractivity contribution in [2.45, 2.75) is 0 Å². The molecule has 0 N–H and O–H groups in total. The zero-order chi connectivity index (χ0) is 23.9. The standard InChI is InChI=1S/C23H11Cl2F2NO5/c24-17-5-3-13(9-18(17)25)28-21(30)14-4-1-11(7-15(14)22(28)31)23(32)33-10-20(29)16-8-12(26)2-6-19(16)27/h1-9H,10H2. The first-order valence-electron chi connectivity index (χ1n) is 9.30. The molecule has 0 atom stereocenters. The molecule has 1 heterocycles. The lowest BCUT2D eigenvalue weighted by Crippen LogP contribution is -2.29. The van der Waals surface area contributed by atoms with Crippen LogP contribution in [-0.4, -0.2) is 30.2 Å². The number of amides is 2. The molecule has 2 amide bonds. The van der Waals surface area contributed by atoms with Gasteiger partial charge in [0.15, 0.2) is 6.61 Å². The summed E-state index contributed by atoms with van der Waals surface area (Å²) in [6.07, 6.45) is 0. The SMILES string of the molecule is O=C(OCC(=O)c1cc(F)ccc1F)c1ccc2c(c1)C(=O)N(c1ccc(Cl)c(Cl)c1)C2=O. The number of hydrogen-bond acceptors (Lipinski definition) is 5. The second kappa shape index (κ2) is 8.73.